The number of allylic oxidation sites excluding steroid dienone is 2. The Bertz CT molecular complexity index is 2410. The summed E-state index contributed by atoms with van der Waals surface area (Å²) in [7, 11) is -6.03. The summed E-state index contributed by atoms with van der Waals surface area (Å²) in [5.74, 6) is 0. The van der Waals surface area contributed by atoms with Crippen molar-refractivity contribution in [3.05, 3.63) is 247 Å². The number of hydrazine groups is 2. The molecule has 0 saturated carbocycles. The van der Waals surface area contributed by atoms with Gasteiger partial charge in [-0.3, -0.25) is 0 Å². The van der Waals surface area contributed by atoms with Gasteiger partial charge in [0.05, 0.1) is 17.1 Å². The molecule has 2 aliphatic heterocycles. The van der Waals surface area contributed by atoms with Crippen molar-refractivity contribution >= 4 is 90.6 Å². The van der Waals surface area contributed by atoms with Gasteiger partial charge in [0, 0.05) is 16.9 Å². The van der Waals surface area contributed by atoms with Crippen LogP contribution in [0.25, 0.3) is 0 Å². The van der Waals surface area contributed by atoms with Crippen LogP contribution in [0.4, 0.5) is 17.1 Å². The van der Waals surface area contributed by atoms with Crippen LogP contribution < -0.4 is 51.5 Å². The van der Waals surface area contributed by atoms with Crippen LogP contribution in [0.15, 0.2) is 247 Å². The number of nitrogens with zero attached hydrogens (tertiary/aromatic N) is 3. The van der Waals surface area contributed by atoms with Crippen molar-refractivity contribution in [1.29, 1.82) is 0 Å². The Kier molecular flexibility index (Phi) is 9.38. The summed E-state index contributed by atoms with van der Waals surface area (Å²) in [6.45, 7) is 0. The molecule has 0 aromatic heterocycles. The fraction of sp³-hybridized carbons (Fsp3) is 0. The van der Waals surface area contributed by atoms with Gasteiger partial charge in [0.1, 0.15) is 0 Å². The normalized spacial score (nSPS) is 13.4. The highest BCUT2D eigenvalue weighted by Crippen LogP contribution is 2.45. The molecule has 0 spiro atoms. The molecule has 8 aromatic rings. The molecule has 278 valence electrons. The van der Waals surface area contributed by atoms with Crippen molar-refractivity contribution in [3.8, 4) is 0 Å². The molecule has 0 radical (unpaired) electrons. The Balaban J connectivity index is 1.39. The van der Waals surface area contributed by atoms with Crippen molar-refractivity contribution in [2.45, 2.75) is 0 Å². The van der Waals surface area contributed by atoms with Crippen LogP contribution >= 0.6 is 15.9 Å². The van der Waals surface area contributed by atoms with Crippen LogP contribution in [0.1, 0.15) is 0 Å². The molecule has 2 aliphatic rings. The second-order valence-electron chi connectivity index (χ2n) is 14.8. The Morgan fingerprint density at radius 3 is 1.07 bits per heavy atom. The topological polar surface area (TPSA) is 9.72 Å². The molecule has 0 bridgehead atoms. The summed E-state index contributed by atoms with van der Waals surface area (Å²) in [5.41, 5.74) is 3.33. The van der Waals surface area contributed by atoms with Crippen LogP contribution in [0, 0.1) is 0 Å². The van der Waals surface area contributed by atoms with E-state index in [1.165, 1.54) is 41.5 Å². The van der Waals surface area contributed by atoms with E-state index < -0.39 is 16.1 Å². The second kappa shape index (κ2) is 15.1. The molecule has 10 rings (SSSR count). The lowest BCUT2D eigenvalue weighted by molar-refractivity contribution is 0.408. The maximum absolute atomic E-state index is 3.79. The van der Waals surface area contributed by atoms with E-state index in [2.05, 4.69) is 274 Å². The lowest BCUT2D eigenvalue weighted by Crippen LogP contribution is -2.78. The maximum atomic E-state index is 3.79. The van der Waals surface area contributed by atoms with Gasteiger partial charge in [-0.2, -0.15) is 5.12 Å². The van der Waals surface area contributed by atoms with Crippen LogP contribution in [0.5, 0.6) is 0 Å². The minimum atomic E-state index is -3.02. The van der Waals surface area contributed by atoms with Crippen LogP contribution in [-0.4, -0.2) is 21.3 Å². The number of benzene rings is 8. The number of fused-ring (bicyclic) bond motifs is 3. The summed E-state index contributed by atoms with van der Waals surface area (Å²) >= 11 is 3.79. The van der Waals surface area contributed by atoms with Gasteiger partial charge in [-0.15, -0.1) is 0 Å². The van der Waals surface area contributed by atoms with Crippen LogP contribution in [-0.2, 0) is 0 Å². The highest BCUT2D eigenvalue weighted by atomic mass is 79.9. The molecular weight excluding hydrogens is 803 g/mol. The van der Waals surface area contributed by atoms with E-state index in [4.69, 9.17) is 0 Å². The van der Waals surface area contributed by atoms with E-state index in [1.54, 1.807) is 0 Å². The third kappa shape index (κ3) is 5.83. The van der Waals surface area contributed by atoms with Crippen molar-refractivity contribution in [2.75, 3.05) is 10.0 Å². The zero-order chi connectivity index (χ0) is 38.9. The van der Waals surface area contributed by atoms with E-state index >= 15 is 0 Å². The summed E-state index contributed by atoms with van der Waals surface area (Å²) < 4.78 is 1.04. The van der Waals surface area contributed by atoms with Crippen molar-refractivity contribution < 1.29 is 0 Å². The molecule has 0 aliphatic carbocycles. The molecule has 0 N–H and O–H groups in total. The summed E-state index contributed by atoms with van der Waals surface area (Å²) in [5, 5.41) is 17.6. The van der Waals surface area contributed by atoms with Crippen LogP contribution in [0.3, 0.4) is 0 Å². The molecule has 0 saturated heterocycles. The van der Waals surface area contributed by atoms with Crippen molar-refractivity contribution in [2.24, 2.45) is 0 Å². The fourth-order valence-electron chi connectivity index (χ4n) is 9.27. The predicted octanol–water partition coefficient (Wildman–Crippen LogP) is 7.34. The first kappa shape index (κ1) is 35.9. The Hall–Kier alpha value is -6.45. The van der Waals surface area contributed by atoms with Gasteiger partial charge in [0.2, 0.25) is 0 Å². The number of anilines is 3. The van der Waals surface area contributed by atoms with Gasteiger partial charge in [0.15, 0.2) is 16.1 Å². The Labute approximate surface area is 351 Å². The smallest absolute Gasteiger partial charge is 0.179 e. The molecule has 0 unspecified atom stereocenters. The van der Waals surface area contributed by atoms with Crippen molar-refractivity contribution in [1.82, 2.24) is 5.12 Å². The predicted molar refractivity (Wildman–Crippen MR) is 253 cm³/mol. The van der Waals surface area contributed by atoms with Gasteiger partial charge in [0.25, 0.3) is 0 Å². The molecule has 0 atom stereocenters. The average Bonchev–Trinajstić information content (AvgIpc) is 3.63. The Morgan fingerprint density at radius 1 is 0.328 bits per heavy atom. The van der Waals surface area contributed by atoms with E-state index in [-0.39, 0.29) is 0 Å². The van der Waals surface area contributed by atoms with Gasteiger partial charge in [-0.25, -0.2) is 10.0 Å². The summed E-state index contributed by atoms with van der Waals surface area (Å²) in [4.78, 5) is 0. The minimum absolute atomic E-state index is 1.04. The molecular formula is C52H40BrN3Si2. The SMILES string of the molecule is Brc1ccc2c(c1)N1C=CC=CN1N2c1cc([Si](c2ccccc2)(c2ccccc2)c2ccccc2)cc([Si](c2ccccc2)(c2ccccc2)c2ccccc2)c1. The zero-order valence-electron chi connectivity index (χ0n) is 31.8. The lowest BCUT2D eigenvalue weighted by Gasteiger charge is -2.40. The third-order valence-electron chi connectivity index (χ3n) is 11.7. The fourth-order valence-corrected chi connectivity index (χ4v) is 19.4. The largest absolute Gasteiger partial charge is 0.240 e. The lowest BCUT2D eigenvalue weighted by atomic mass is 10.2. The molecule has 3 nitrogen and oxygen atoms in total. The minimum Gasteiger partial charge on any atom is -0.240 e. The standard InChI is InChI=1S/C52H40BrN3Si2/c53-41-33-34-51-52(37-41)54-35-19-20-36-55(54)56(51)42-38-49(57(43-21-7-1-8-22-43,44-23-9-2-10-24-44)45-25-11-3-12-26-45)40-50(39-42)58(46-27-13-4-14-28-46,47-29-15-5-16-30-47)48-31-17-6-18-32-48/h1-40H. The van der Waals surface area contributed by atoms with E-state index in [1.807, 2.05) is 0 Å². The first-order valence-corrected chi connectivity index (χ1v) is 24.5. The number of halogens is 1. The van der Waals surface area contributed by atoms with Gasteiger partial charge in [-0.05, 0) is 84.0 Å². The van der Waals surface area contributed by atoms with Gasteiger partial charge >= 0.3 is 0 Å². The Morgan fingerprint density at radius 2 is 0.690 bits per heavy atom. The first-order valence-electron chi connectivity index (χ1n) is 19.7. The van der Waals surface area contributed by atoms with E-state index in [0.29, 0.717) is 0 Å². The van der Waals surface area contributed by atoms with Gasteiger partial charge < -0.3 is 0 Å². The quantitative estimate of drug-likeness (QED) is 0.111. The zero-order valence-corrected chi connectivity index (χ0v) is 35.4. The summed E-state index contributed by atoms with van der Waals surface area (Å²) in [6, 6.07) is 81.9. The van der Waals surface area contributed by atoms with Crippen molar-refractivity contribution in [3.63, 3.8) is 0 Å². The third-order valence-corrected chi connectivity index (χ3v) is 21.7. The number of hydrogen-bond acceptors (Lipinski definition) is 3. The van der Waals surface area contributed by atoms with Gasteiger partial charge in [-0.1, -0.05) is 204 Å². The molecule has 0 amide bonds. The molecule has 6 heteroatoms. The molecule has 0 fully saturated rings. The average molecular weight is 843 g/mol. The molecule has 8 aromatic carbocycles. The van der Waals surface area contributed by atoms with E-state index in [9.17, 15) is 0 Å². The molecule has 2 heterocycles. The second-order valence-corrected chi connectivity index (χ2v) is 23.3. The number of rotatable bonds is 9. The number of hydrogen-bond donors (Lipinski definition) is 0. The summed E-state index contributed by atoms with van der Waals surface area (Å²) in [6.07, 6.45) is 8.52. The highest BCUT2D eigenvalue weighted by Gasteiger charge is 2.47. The molecule has 58 heavy (non-hydrogen) atoms. The maximum Gasteiger partial charge on any atom is 0.179 e. The monoisotopic (exact) mass is 841 g/mol. The van der Waals surface area contributed by atoms with Crippen LogP contribution in [0.2, 0.25) is 0 Å². The highest BCUT2D eigenvalue weighted by molar-refractivity contribution is 9.10. The first-order chi connectivity index (χ1) is 28.7. The van der Waals surface area contributed by atoms with E-state index in [0.717, 1.165) is 21.5 Å².